The topological polar surface area (TPSA) is 56.7 Å². The number of carboxylic acid groups (broad SMARTS) is 1. The minimum absolute atomic E-state index is 0. The SMILES string of the molecule is Cl.O=C(O)CCN1CCN(c2ccc(Cl)cn2)CC1. The Morgan fingerprint density at radius 2 is 2.00 bits per heavy atom. The summed E-state index contributed by atoms with van der Waals surface area (Å²) in [6.07, 6.45) is 1.85. The van der Waals surface area contributed by atoms with Crippen molar-refractivity contribution in [3.8, 4) is 0 Å². The molecule has 19 heavy (non-hydrogen) atoms. The van der Waals surface area contributed by atoms with E-state index < -0.39 is 5.97 Å². The largest absolute Gasteiger partial charge is 0.481 e. The molecule has 0 radical (unpaired) electrons. The second-order valence-corrected chi connectivity index (χ2v) is 4.74. The Kier molecular flexibility index (Phi) is 6.34. The van der Waals surface area contributed by atoms with Crippen molar-refractivity contribution in [3.63, 3.8) is 0 Å². The van der Waals surface area contributed by atoms with Crippen LogP contribution < -0.4 is 4.90 Å². The lowest BCUT2D eigenvalue weighted by molar-refractivity contribution is -0.137. The highest BCUT2D eigenvalue weighted by Crippen LogP contribution is 2.16. The van der Waals surface area contributed by atoms with Crippen LogP contribution in [0.4, 0.5) is 5.82 Å². The van der Waals surface area contributed by atoms with E-state index in [1.54, 1.807) is 6.20 Å². The average molecular weight is 306 g/mol. The first kappa shape index (κ1) is 16.0. The molecule has 0 saturated carbocycles. The quantitative estimate of drug-likeness (QED) is 0.918. The highest BCUT2D eigenvalue weighted by atomic mass is 35.5. The summed E-state index contributed by atoms with van der Waals surface area (Å²) in [7, 11) is 0. The van der Waals surface area contributed by atoms with Gasteiger partial charge in [-0.15, -0.1) is 12.4 Å². The number of hydrogen-bond donors (Lipinski definition) is 1. The van der Waals surface area contributed by atoms with Crippen molar-refractivity contribution < 1.29 is 9.90 Å². The van der Waals surface area contributed by atoms with Gasteiger partial charge in [0.25, 0.3) is 0 Å². The van der Waals surface area contributed by atoms with Crippen LogP contribution in [-0.4, -0.2) is 53.7 Å². The number of carboxylic acids is 1. The number of hydrogen-bond acceptors (Lipinski definition) is 4. The van der Waals surface area contributed by atoms with E-state index in [2.05, 4.69) is 14.8 Å². The van der Waals surface area contributed by atoms with Gasteiger partial charge in [-0.05, 0) is 12.1 Å². The maximum absolute atomic E-state index is 10.5. The third kappa shape index (κ3) is 4.86. The predicted octanol–water partition coefficient (Wildman–Crippen LogP) is 1.75. The minimum atomic E-state index is -0.739. The van der Waals surface area contributed by atoms with E-state index in [-0.39, 0.29) is 18.8 Å². The van der Waals surface area contributed by atoms with Crippen molar-refractivity contribution in [2.75, 3.05) is 37.6 Å². The van der Waals surface area contributed by atoms with Crippen LogP contribution in [0, 0.1) is 0 Å². The van der Waals surface area contributed by atoms with Crippen molar-refractivity contribution in [3.05, 3.63) is 23.4 Å². The monoisotopic (exact) mass is 305 g/mol. The van der Waals surface area contributed by atoms with Crippen molar-refractivity contribution in [2.24, 2.45) is 0 Å². The molecule has 0 amide bonds. The summed E-state index contributed by atoms with van der Waals surface area (Å²) < 4.78 is 0. The van der Waals surface area contributed by atoms with Gasteiger partial charge in [0.05, 0.1) is 11.4 Å². The van der Waals surface area contributed by atoms with Gasteiger partial charge in [0.15, 0.2) is 0 Å². The lowest BCUT2D eigenvalue weighted by Gasteiger charge is -2.35. The molecule has 2 heterocycles. The van der Waals surface area contributed by atoms with Crippen LogP contribution in [0.25, 0.3) is 0 Å². The maximum atomic E-state index is 10.5. The number of pyridine rings is 1. The van der Waals surface area contributed by atoms with Gasteiger partial charge < -0.3 is 10.0 Å². The van der Waals surface area contributed by atoms with Gasteiger partial charge in [0, 0.05) is 38.9 Å². The first-order valence-electron chi connectivity index (χ1n) is 5.96. The molecule has 0 aliphatic carbocycles. The van der Waals surface area contributed by atoms with Gasteiger partial charge in [-0.2, -0.15) is 0 Å². The second kappa shape index (κ2) is 7.53. The van der Waals surface area contributed by atoms with Gasteiger partial charge >= 0.3 is 5.97 Å². The molecule has 1 saturated heterocycles. The van der Waals surface area contributed by atoms with Crippen molar-refractivity contribution in [1.29, 1.82) is 0 Å². The minimum Gasteiger partial charge on any atom is -0.481 e. The molecule has 1 aromatic rings. The molecule has 0 spiro atoms. The van der Waals surface area contributed by atoms with Crippen molar-refractivity contribution >= 4 is 35.8 Å². The first-order valence-corrected chi connectivity index (χ1v) is 6.33. The molecule has 7 heteroatoms. The normalized spacial score (nSPS) is 15.9. The predicted molar refractivity (Wildman–Crippen MR) is 77.4 cm³/mol. The average Bonchev–Trinajstić information content (AvgIpc) is 2.38. The van der Waals surface area contributed by atoms with Crippen LogP contribution in [0.1, 0.15) is 6.42 Å². The smallest absolute Gasteiger partial charge is 0.304 e. The van der Waals surface area contributed by atoms with Crippen LogP contribution in [0.3, 0.4) is 0 Å². The first-order chi connectivity index (χ1) is 8.65. The van der Waals surface area contributed by atoms with Crippen LogP contribution in [-0.2, 0) is 4.79 Å². The van der Waals surface area contributed by atoms with E-state index in [0.717, 1.165) is 32.0 Å². The standard InChI is InChI=1S/C12H16ClN3O2.ClH/c13-10-1-2-11(14-9-10)16-7-5-15(6-8-16)4-3-12(17)18;/h1-2,9H,3-8H2,(H,17,18);1H. The third-order valence-electron chi connectivity index (χ3n) is 3.05. The van der Waals surface area contributed by atoms with Crippen molar-refractivity contribution in [2.45, 2.75) is 6.42 Å². The Bertz CT molecular complexity index is 406. The molecule has 0 unspecified atom stereocenters. The lowest BCUT2D eigenvalue weighted by Crippen LogP contribution is -2.47. The van der Waals surface area contributed by atoms with Gasteiger partial charge in [0.2, 0.25) is 0 Å². The zero-order valence-corrected chi connectivity index (χ0v) is 12.0. The van der Waals surface area contributed by atoms with Crippen molar-refractivity contribution in [1.82, 2.24) is 9.88 Å². The number of nitrogens with zero attached hydrogens (tertiary/aromatic N) is 3. The molecule has 1 aromatic heterocycles. The van der Waals surface area contributed by atoms with Crippen LogP contribution in [0.15, 0.2) is 18.3 Å². The summed E-state index contributed by atoms with van der Waals surface area (Å²) in [6.45, 7) is 4.11. The Morgan fingerprint density at radius 1 is 1.32 bits per heavy atom. The number of carbonyl (C=O) groups is 1. The summed E-state index contributed by atoms with van der Waals surface area (Å²) >= 11 is 5.80. The molecule has 1 aliphatic rings. The molecule has 0 aromatic carbocycles. The van der Waals surface area contributed by atoms with Gasteiger partial charge in [-0.3, -0.25) is 9.69 Å². The molecular formula is C12H17Cl2N3O2. The third-order valence-corrected chi connectivity index (χ3v) is 3.27. The lowest BCUT2D eigenvalue weighted by atomic mass is 10.3. The van der Waals surface area contributed by atoms with E-state index >= 15 is 0 Å². The highest BCUT2D eigenvalue weighted by molar-refractivity contribution is 6.30. The molecule has 2 rings (SSSR count). The summed E-state index contributed by atoms with van der Waals surface area (Å²) in [4.78, 5) is 19.1. The van der Waals surface area contributed by atoms with Gasteiger partial charge in [0.1, 0.15) is 5.82 Å². The summed E-state index contributed by atoms with van der Waals surface area (Å²) in [6, 6.07) is 3.75. The van der Waals surface area contributed by atoms with E-state index in [4.69, 9.17) is 16.7 Å². The fourth-order valence-electron chi connectivity index (χ4n) is 2.01. The van der Waals surface area contributed by atoms with E-state index in [1.807, 2.05) is 12.1 Å². The van der Waals surface area contributed by atoms with Crippen LogP contribution in [0.5, 0.6) is 0 Å². The second-order valence-electron chi connectivity index (χ2n) is 4.31. The molecule has 0 bridgehead atoms. The number of aliphatic carboxylic acids is 1. The number of aromatic nitrogens is 1. The molecule has 5 nitrogen and oxygen atoms in total. The molecule has 1 N–H and O–H groups in total. The Hall–Kier alpha value is -1.04. The van der Waals surface area contributed by atoms with Crippen LogP contribution >= 0.6 is 24.0 Å². The Balaban J connectivity index is 0.00000180. The van der Waals surface area contributed by atoms with E-state index in [9.17, 15) is 4.79 Å². The number of rotatable bonds is 4. The Labute approximate surface area is 123 Å². The number of halogens is 2. The van der Waals surface area contributed by atoms with E-state index in [0.29, 0.717) is 11.6 Å². The molecule has 0 atom stereocenters. The maximum Gasteiger partial charge on any atom is 0.304 e. The summed E-state index contributed by atoms with van der Waals surface area (Å²) in [5.41, 5.74) is 0. The number of anilines is 1. The molecule has 1 aliphatic heterocycles. The number of piperazine rings is 1. The zero-order chi connectivity index (χ0) is 13.0. The fourth-order valence-corrected chi connectivity index (χ4v) is 2.12. The van der Waals surface area contributed by atoms with Crippen LogP contribution in [0.2, 0.25) is 5.02 Å². The molecule has 1 fully saturated rings. The molecule has 106 valence electrons. The fraction of sp³-hybridized carbons (Fsp3) is 0.500. The molecular weight excluding hydrogens is 289 g/mol. The summed E-state index contributed by atoms with van der Waals surface area (Å²) in [5, 5.41) is 9.28. The Morgan fingerprint density at radius 3 is 2.53 bits per heavy atom. The van der Waals surface area contributed by atoms with Gasteiger partial charge in [-0.25, -0.2) is 4.98 Å². The zero-order valence-electron chi connectivity index (χ0n) is 10.5. The highest BCUT2D eigenvalue weighted by Gasteiger charge is 2.18. The summed E-state index contributed by atoms with van der Waals surface area (Å²) in [5.74, 6) is 0.189. The van der Waals surface area contributed by atoms with E-state index in [1.165, 1.54) is 0 Å². The van der Waals surface area contributed by atoms with Gasteiger partial charge in [-0.1, -0.05) is 11.6 Å².